The molecule has 0 aromatic rings. The summed E-state index contributed by atoms with van der Waals surface area (Å²) in [4.78, 5) is 11.5. The summed E-state index contributed by atoms with van der Waals surface area (Å²) in [6.45, 7) is 9.96. The Morgan fingerprint density at radius 2 is 1.71 bits per heavy atom. The van der Waals surface area contributed by atoms with Crippen LogP contribution in [0.2, 0.25) is 0 Å². The number of esters is 1. The largest absolute Gasteiger partial charge is 0.466 e. The number of ether oxygens (including phenoxy) is 1. The van der Waals surface area contributed by atoms with Crippen molar-refractivity contribution in [3.05, 3.63) is 11.3 Å². The topological polar surface area (TPSA) is 38.3 Å². The van der Waals surface area contributed by atoms with Gasteiger partial charge in [0.2, 0.25) is 0 Å². The highest BCUT2D eigenvalue weighted by molar-refractivity contribution is 5.89. The summed E-state index contributed by atoms with van der Waals surface area (Å²) in [5.74, 6) is -0.0700. The average molecular weight is 199 g/mol. The Morgan fingerprint density at radius 3 is 2.00 bits per heavy atom. The fourth-order valence-corrected chi connectivity index (χ4v) is 1.44. The highest BCUT2D eigenvalue weighted by Crippen LogP contribution is 2.15. The van der Waals surface area contributed by atoms with Crippen molar-refractivity contribution >= 4 is 5.97 Å². The lowest BCUT2D eigenvalue weighted by atomic mass is 10.0. The van der Waals surface area contributed by atoms with Gasteiger partial charge in [0.15, 0.2) is 0 Å². The number of nitrogens with one attached hydrogen (secondary N) is 1. The van der Waals surface area contributed by atoms with Crippen LogP contribution in [0, 0.1) is 5.92 Å². The van der Waals surface area contributed by atoms with E-state index >= 15 is 0 Å². The molecule has 0 rings (SSSR count). The maximum atomic E-state index is 11.5. The molecule has 3 nitrogen and oxygen atoms in total. The van der Waals surface area contributed by atoms with E-state index < -0.39 is 0 Å². The third-order valence-electron chi connectivity index (χ3n) is 1.89. The van der Waals surface area contributed by atoms with E-state index in [2.05, 4.69) is 5.32 Å². The Hall–Kier alpha value is -0.990. The van der Waals surface area contributed by atoms with E-state index in [0.29, 0.717) is 6.04 Å². The number of carbonyl (C=O) groups is 1. The predicted molar refractivity (Wildman–Crippen MR) is 57.8 cm³/mol. The molecule has 0 saturated heterocycles. The maximum absolute atomic E-state index is 11.5. The molecule has 0 fully saturated rings. The van der Waals surface area contributed by atoms with Crippen LogP contribution in [-0.2, 0) is 9.53 Å². The second-order valence-corrected chi connectivity index (χ2v) is 3.98. The molecule has 82 valence electrons. The molecule has 0 spiro atoms. The van der Waals surface area contributed by atoms with Gasteiger partial charge in [0, 0.05) is 11.7 Å². The fraction of sp³-hybridized carbons (Fsp3) is 0.727. The first-order valence-corrected chi connectivity index (χ1v) is 4.95. The molecule has 0 radical (unpaired) electrons. The number of methoxy groups -OCH3 is 1. The van der Waals surface area contributed by atoms with Crippen LogP contribution in [0.15, 0.2) is 11.3 Å². The fourth-order valence-electron chi connectivity index (χ4n) is 1.44. The molecule has 0 heterocycles. The number of hydrogen-bond donors (Lipinski definition) is 1. The van der Waals surface area contributed by atoms with E-state index in [1.54, 1.807) is 0 Å². The van der Waals surface area contributed by atoms with Crippen molar-refractivity contribution in [2.45, 2.75) is 40.7 Å². The first kappa shape index (κ1) is 13.0. The maximum Gasteiger partial charge on any atom is 0.335 e. The molecule has 0 amide bonds. The molecule has 0 saturated carbocycles. The predicted octanol–water partition coefficient (Wildman–Crippen LogP) is 2.09. The van der Waals surface area contributed by atoms with Crippen LogP contribution in [0.5, 0.6) is 0 Å². The lowest BCUT2D eigenvalue weighted by molar-refractivity contribution is -0.136. The number of hydrogen-bond acceptors (Lipinski definition) is 3. The quantitative estimate of drug-likeness (QED) is 0.556. The third-order valence-corrected chi connectivity index (χ3v) is 1.89. The lowest BCUT2D eigenvalue weighted by Gasteiger charge is -2.17. The van der Waals surface area contributed by atoms with Crippen LogP contribution < -0.4 is 5.32 Å². The van der Waals surface area contributed by atoms with Crippen LogP contribution in [0.1, 0.15) is 34.6 Å². The molecule has 1 N–H and O–H groups in total. The second-order valence-electron chi connectivity index (χ2n) is 3.98. The van der Waals surface area contributed by atoms with Crippen LogP contribution in [0.3, 0.4) is 0 Å². The third kappa shape index (κ3) is 3.81. The first-order chi connectivity index (χ1) is 6.40. The van der Waals surface area contributed by atoms with Gasteiger partial charge in [-0.05, 0) is 26.7 Å². The molecular weight excluding hydrogens is 178 g/mol. The zero-order valence-corrected chi connectivity index (χ0v) is 9.97. The lowest BCUT2D eigenvalue weighted by Crippen LogP contribution is -2.25. The Balaban J connectivity index is 4.86. The molecule has 14 heavy (non-hydrogen) atoms. The molecule has 0 aromatic carbocycles. The van der Waals surface area contributed by atoms with Crippen LogP contribution >= 0.6 is 0 Å². The summed E-state index contributed by atoms with van der Waals surface area (Å²) in [5.41, 5.74) is 1.63. The van der Waals surface area contributed by atoms with Crippen molar-refractivity contribution in [2.75, 3.05) is 7.11 Å². The van der Waals surface area contributed by atoms with Crippen molar-refractivity contribution in [2.24, 2.45) is 5.92 Å². The summed E-state index contributed by atoms with van der Waals surface area (Å²) >= 11 is 0. The Kier molecular flexibility index (Phi) is 5.28. The molecule has 0 bridgehead atoms. The Morgan fingerprint density at radius 1 is 1.21 bits per heavy atom. The van der Waals surface area contributed by atoms with E-state index in [0.717, 1.165) is 11.3 Å². The Labute approximate surface area is 86.5 Å². The molecule has 0 unspecified atom stereocenters. The minimum Gasteiger partial charge on any atom is -0.466 e. The number of rotatable bonds is 4. The summed E-state index contributed by atoms with van der Waals surface area (Å²) in [5, 5.41) is 3.22. The van der Waals surface area contributed by atoms with Crippen molar-refractivity contribution in [1.29, 1.82) is 0 Å². The van der Waals surface area contributed by atoms with Gasteiger partial charge in [0.1, 0.15) is 0 Å². The highest BCUT2D eigenvalue weighted by atomic mass is 16.5. The normalized spacial score (nSPS) is 12.9. The highest BCUT2D eigenvalue weighted by Gasteiger charge is 2.17. The van der Waals surface area contributed by atoms with Gasteiger partial charge in [-0.25, -0.2) is 4.79 Å². The number of allylic oxidation sites excluding steroid dienone is 1. The van der Waals surface area contributed by atoms with Gasteiger partial charge >= 0.3 is 5.97 Å². The monoisotopic (exact) mass is 199 g/mol. The van der Waals surface area contributed by atoms with Crippen molar-refractivity contribution in [3.63, 3.8) is 0 Å². The minimum absolute atomic E-state index is 0.175. The van der Waals surface area contributed by atoms with E-state index in [4.69, 9.17) is 4.74 Å². The molecular formula is C11H21NO2. The molecule has 0 aliphatic heterocycles. The van der Waals surface area contributed by atoms with Crippen LogP contribution in [0.4, 0.5) is 0 Å². The van der Waals surface area contributed by atoms with Gasteiger partial charge in [-0.3, -0.25) is 0 Å². The van der Waals surface area contributed by atoms with Gasteiger partial charge in [-0.1, -0.05) is 13.8 Å². The van der Waals surface area contributed by atoms with Crippen LogP contribution in [0.25, 0.3) is 0 Å². The van der Waals surface area contributed by atoms with Crippen molar-refractivity contribution < 1.29 is 9.53 Å². The molecule has 0 atom stereocenters. The van der Waals surface area contributed by atoms with E-state index in [1.807, 2.05) is 34.6 Å². The van der Waals surface area contributed by atoms with E-state index in [-0.39, 0.29) is 11.9 Å². The van der Waals surface area contributed by atoms with E-state index in [9.17, 15) is 4.79 Å². The van der Waals surface area contributed by atoms with Gasteiger partial charge in [0.25, 0.3) is 0 Å². The van der Waals surface area contributed by atoms with Crippen molar-refractivity contribution in [1.82, 2.24) is 5.32 Å². The zero-order valence-electron chi connectivity index (χ0n) is 9.97. The zero-order chi connectivity index (χ0) is 11.3. The molecule has 0 aliphatic carbocycles. The summed E-state index contributed by atoms with van der Waals surface area (Å²) in [6.07, 6.45) is 0. The number of carbonyl (C=O) groups excluding carboxylic acids is 1. The molecule has 0 aliphatic rings. The van der Waals surface area contributed by atoms with Crippen LogP contribution in [-0.4, -0.2) is 19.1 Å². The molecule has 3 heteroatoms. The summed E-state index contributed by atoms with van der Waals surface area (Å²) < 4.78 is 4.74. The summed E-state index contributed by atoms with van der Waals surface area (Å²) in [6, 6.07) is 0.327. The van der Waals surface area contributed by atoms with Gasteiger partial charge in [0.05, 0.1) is 12.7 Å². The first-order valence-electron chi connectivity index (χ1n) is 4.95. The van der Waals surface area contributed by atoms with Crippen molar-refractivity contribution in [3.8, 4) is 0 Å². The molecule has 0 aromatic heterocycles. The summed E-state index contributed by atoms with van der Waals surface area (Å²) in [7, 11) is 1.41. The SMILES string of the molecule is COC(=O)/C(=C(\C)NC(C)C)C(C)C. The van der Waals surface area contributed by atoms with E-state index in [1.165, 1.54) is 7.11 Å². The van der Waals surface area contributed by atoms with Gasteiger partial charge in [-0.2, -0.15) is 0 Å². The van der Waals surface area contributed by atoms with Gasteiger partial charge < -0.3 is 10.1 Å². The Bertz CT molecular complexity index is 229. The van der Waals surface area contributed by atoms with Gasteiger partial charge in [-0.15, -0.1) is 0 Å². The smallest absolute Gasteiger partial charge is 0.335 e. The minimum atomic E-state index is -0.245. The standard InChI is InChI=1S/C11H21NO2/c1-7(2)10(11(13)14-6)9(5)12-8(3)4/h7-8,12H,1-6H3/b10-9+. The second kappa shape index (κ2) is 5.68. The average Bonchev–Trinajstić information content (AvgIpc) is 2.01.